The van der Waals surface area contributed by atoms with Crippen LogP contribution in [0.15, 0.2) is 182 Å². The minimum atomic E-state index is -0.0731. The Morgan fingerprint density at radius 3 is 1.80 bits per heavy atom. The second kappa shape index (κ2) is 11.7. The van der Waals surface area contributed by atoms with Gasteiger partial charge in [-0.3, -0.25) is 4.57 Å². The first-order chi connectivity index (χ1) is 29.0. The lowest BCUT2D eigenvalue weighted by Gasteiger charge is -2.21. The first-order valence-corrected chi connectivity index (χ1v) is 20.4. The fourth-order valence-corrected chi connectivity index (χ4v) is 10.4. The highest BCUT2D eigenvalue weighted by Gasteiger charge is 2.35. The largest absolute Gasteiger partial charge is 0.309 e. The third-order valence-electron chi connectivity index (χ3n) is 13.1. The lowest BCUT2D eigenvalue weighted by atomic mass is 9.82. The third-order valence-corrected chi connectivity index (χ3v) is 13.1. The maximum absolute atomic E-state index is 5.58. The van der Waals surface area contributed by atoms with Crippen molar-refractivity contribution in [2.75, 3.05) is 0 Å². The fraction of sp³-hybridized carbons (Fsp3) is 0.0545. The van der Waals surface area contributed by atoms with Crippen molar-refractivity contribution in [3.8, 4) is 34.0 Å². The average Bonchev–Trinajstić information content (AvgIpc) is 3.89. The van der Waals surface area contributed by atoms with Crippen LogP contribution in [0.2, 0.25) is 0 Å². The molecular formula is C55H36N4. The molecule has 0 N–H and O–H groups in total. The topological polar surface area (TPSA) is 35.6 Å². The molecule has 0 spiro atoms. The van der Waals surface area contributed by atoms with Gasteiger partial charge in [-0.25, -0.2) is 9.97 Å². The summed E-state index contributed by atoms with van der Waals surface area (Å²) in [5.41, 5.74) is 13.7. The van der Waals surface area contributed by atoms with E-state index in [4.69, 9.17) is 9.97 Å². The molecule has 1 aliphatic carbocycles. The maximum atomic E-state index is 5.58. The van der Waals surface area contributed by atoms with Gasteiger partial charge in [-0.2, -0.15) is 0 Å². The van der Waals surface area contributed by atoms with E-state index >= 15 is 0 Å². The molecule has 3 heterocycles. The van der Waals surface area contributed by atoms with Gasteiger partial charge >= 0.3 is 0 Å². The summed E-state index contributed by atoms with van der Waals surface area (Å²) in [4.78, 5) is 11.0. The van der Waals surface area contributed by atoms with Crippen molar-refractivity contribution in [2.45, 2.75) is 19.3 Å². The van der Waals surface area contributed by atoms with Crippen LogP contribution in [0, 0.1) is 0 Å². The maximum Gasteiger partial charge on any atom is 0.235 e. The lowest BCUT2D eigenvalue weighted by molar-refractivity contribution is 0.660. The molecule has 3 aromatic heterocycles. The number of nitrogens with zero attached hydrogens (tertiary/aromatic N) is 4. The Labute approximate surface area is 340 Å². The Bertz CT molecular complexity index is 3770. The van der Waals surface area contributed by atoms with Crippen LogP contribution < -0.4 is 0 Å². The molecule has 0 aliphatic heterocycles. The zero-order valence-corrected chi connectivity index (χ0v) is 32.6. The average molecular weight is 753 g/mol. The van der Waals surface area contributed by atoms with Gasteiger partial charge in [0.05, 0.1) is 33.3 Å². The van der Waals surface area contributed by atoms with Crippen molar-refractivity contribution < 1.29 is 0 Å². The SMILES string of the molecule is CC1(C)c2ccccc2-c2cc(-c3nc(-n4c5cc(-n6c7ccccc7c7c8ccccc8ccc76)ccc5c5c6ccccc6ccc54)nc4ccccc34)ccc21. The Morgan fingerprint density at radius 1 is 0.407 bits per heavy atom. The summed E-state index contributed by atoms with van der Waals surface area (Å²) in [6, 6.07) is 66.3. The van der Waals surface area contributed by atoms with E-state index in [1.807, 2.05) is 0 Å². The van der Waals surface area contributed by atoms with E-state index in [9.17, 15) is 0 Å². The summed E-state index contributed by atoms with van der Waals surface area (Å²) < 4.78 is 4.72. The van der Waals surface area contributed by atoms with Gasteiger partial charge < -0.3 is 4.57 Å². The van der Waals surface area contributed by atoms with Crippen LogP contribution in [-0.4, -0.2) is 19.1 Å². The van der Waals surface area contributed by atoms with Crippen LogP contribution in [0.4, 0.5) is 0 Å². The van der Waals surface area contributed by atoms with Crippen molar-refractivity contribution in [1.29, 1.82) is 0 Å². The third kappa shape index (κ3) is 4.43. The number of hydrogen-bond donors (Lipinski definition) is 0. The molecule has 12 aromatic rings. The summed E-state index contributed by atoms with van der Waals surface area (Å²) in [5, 5.41) is 10.8. The van der Waals surface area contributed by atoms with Gasteiger partial charge in [0, 0.05) is 43.6 Å². The van der Waals surface area contributed by atoms with E-state index in [1.165, 1.54) is 76.4 Å². The van der Waals surface area contributed by atoms with Crippen molar-refractivity contribution in [3.63, 3.8) is 0 Å². The molecule has 276 valence electrons. The van der Waals surface area contributed by atoms with Gasteiger partial charge in [0.2, 0.25) is 5.95 Å². The predicted octanol–water partition coefficient (Wildman–Crippen LogP) is 14.1. The van der Waals surface area contributed by atoms with E-state index in [-0.39, 0.29) is 5.41 Å². The predicted molar refractivity (Wildman–Crippen MR) is 246 cm³/mol. The van der Waals surface area contributed by atoms with E-state index in [1.54, 1.807) is 0 Å². The molecule has 9 aromatic carbocycles. The molecule has 1 aliphatic rings. The molecule has 0 radical (unpaired) electrons. The van der Waals surface area contributed by atoms with E-state index < -0.39 is 0 Å². The molecule has 0 amide bonds. The first-order valence-electron chi connectivity index (χ1n) is 20.4. The van der Waals surface area contributed by atoms with Crippen LogP contribution >= 0.6 is 0 Å². The van der Waals surface area contributed by atoms with E-state index in [0.717, 1.165) is 38.9 Å². The molecule has 0 saturated heterocycles. The van der Waals surface area contributed by atoms with Crippen LogP contribution in [0.25, 0.3) is 110 Å². The second-order valence-corrected chi connectivity index (χ2v) is 16.6. The lowest BCUT2D eigenvalue weighted by Crippen LogP contribution is -2.14. The van der Waals surface area contributed by atoms with Gasteiger partial charge in [0.25, 0.3) is 0 Å². The molecule has 0 bridgehead atoms. The Morgan fingerprint density at radius 2 is 1.02 bits per heavy atom. The van der Waals surface area contributed by atoms with Crippen molar-refractivity contribution in [3.05, 3.63) is 193 Å². The highest BCUT2D eigenvalue weighted by molar-refractivity contribution is 6.23. The van der Waals surface area contributed by atoms with Gasteiger partial charge in [-0.05, 0) is 86.3 Å². The molecular weight excluding hydrogens is 717 g/mol. The fourth-order valence-electron chi connectivity index (χ4n) is 10.4. The van der Waals surface area contributed by atoms with Crippen molar-refractivity contribution in [2.24, 2.45) is 0 Å². The normalized spacial score (nSPS) is 13.4. The van der Waals surface area contributed by atoms with E-state index in [0.29, 0.717) is 5.95 Å². The molecule has 0 saturated carbocycles. The van der Waals surface area contributed by atoms with E-state index in [2.05, 4.69) is 205 Å². The summed E-state index contributed by atoms with van der Waals surface area (Å²) >= 11 is 0. The quantitative estimate of drug-likeness (QED) is 0.180. The summed E-state index contributed by atoms with van der Waals surface area (Å²) in [6.45, 7) is 4.66. The number of hydrogen-bond acceptors (Lipinski definition) is 2. The minimum Gasteiger partial charge on any atom is -0.309 e. The number of para-hydroxylation sites is 2. The standard InChI is InChI=1S/C55H36N4/c1-55(2)44-20-10-7-17-39(44)43-31-35(23-28-45(43)55)53-40-18-8-11-21-46(40)56-54(57-53)59-49-30-25-34-14-4-6-16-38(34)52(49)42-27-26-36(32-50(42)59)58-47-22-12-9-19-41(47)51-37-15-5-3-13-33(37)24-29-48(51)58/h3-32H,1-2H3. The van der Waals surface area contributed by atoms with Crippen LogP contribution in [-0.2, 0) is 5.41 Å². The summed E-state index contributed by atoms with van der Waals surface area (Å²) in [6.07, 6.45) is 0. The van der Waals surface area contributed by atoms with Gasteiger partial charge in [0.15, 0.2) is 0 Å². The first kappa shape index (κ1) is 32.5. The molecule has 59 heavy (non-hydrogen) atoms. The summed E-state index contributed by atoms with van der Waals surface area (Å²) in [7, 11) is 0. The van der Waals surface area contributed by atoms with Crippen LogP contribution in [0.3, 0.4) is 0 Å². The van der Waals surface area contributed by atoms with Crippen LogP contribution in [0.1, 0.15) is 25.0 Å². The number of rotatable bonds is 3. The highest BCUT2D eigenvalue weighted by Crippen LogP contribution is 2.50. The Balaban J connectivity index is 1.11. The van der Waals surface area contributed by atoms with Gasteiger partial charge in [-0.1, -0.05) is 153 Å². The zero-order valence-electron chi connectivity index (χ0n) is 32.6. The van der Waals surface area contributed by atoms with Crippen molar-refractivity contribution in [1.82, 2.24) is 19.1 Å². The second-order valence-electron chi connectivity index (χ2n) is 16.6. The molecule has 0 atom stereocenters. The number of fused-ring (bicyclic) bond motifs is 14. The van der Waals surface area contributed by atoms with Crippen molar-refractivity contribution >= 4 is 76.1 Å². The molecule has 4 nitrogen and oxygen atoms in total. The summed E-state index contributed by atoms with van der Waals surface area (Å²) in [5.74, 6) is 0.653. The highest BCUT2D eigenvalue weighted by atomic mass is 15.2. The molecule has 0 fully saturated rings. The Hall–Kier alpha value is -7.56. The zero-order chi connectivity index (χ0) is 39.0. The molecule has 13 rings (SSSR count). The minimum absolute atomic E-state index is 0.0731. The molecule has 0 unspecified atom stereocenters. The van der Waals surface area contributed by atoms with Gasteiger partial charge in [0.1, 0.15) is 0 Å². The van der Waals surface area contributed by atoms with Crippen LogP contribution in [0.5, 0.6) is 0 Å². The smallest absolute Gasteiger partial charge is 0.235 e. The molecule has 4 heteroatoms. The Kier molecular flexibility index (Phi) is 6.48. The number of benzene rings is 9. The van der Waals surface area contributed by atoms with Gasteiger partial charge in [-0.15, -0.1) is 0 Å². The monoisotopic (exact) mass is 752 g/mol. The number of aromatic nitrogens is 4.